The summed E-state index contributed by atoms with van der Waals surface area (Å²) in [4.78, 5) is 0. The molecule has 0 bridgehead atoms. The Bertz CT molecular complexity index is 685. The highest BCUT2D eigenvalue weighted by Gasteiger charge is 2.04. The molecule has 1 aliphatic rings. The Labute approximate surface area is 134 Å². The highest BCUT2D eigenvalue weighted by molar-refractivity contribution is 5.79. The first-order chi connectivity index (χ1) is 10.8. The van der Waals surface area contributed by atoms with Crippen LogP contribution in [0.2, 0.25) is 0 Å². The van der Waals surface area contributed by atoms with Gasteiger partial charge in [-0.2, -0.15) is 0 Å². The number of allylic oxidation sites excluding steroid dienone is 6. The molecule has 0 saturated heterocycles. The predicted octanol–water partition coefficient (Wildman–Crippen LogP) is 6.59. The van der Waals surface area contributed by atoms with Crippen molar-refractivity contribution in [2.24, 2.45) is 0 Å². The largest absolute Gasteiger partial charge is 0.0807 e. The number of benzene rings is 2. The number of hydrogen-bond donors (Lipinski definition) is 0. The molecule has 112 valence electrons. The molecule has 0 aromatic heterocycles. The number of aryl methyl sites for hydroxylation is 1. The van der Waals surface area contributed by atoms with Gasteiger partial charge in [0.2, 0.25) is 0 Å². The van der Waals surface area contributed by atoms with Gasteiger partial charge in [-0.25, -0.2) is 0 Å². The quantitative estimate of drug-likeness (QED) is 0.585. The summed E-state index contributed by atoms with van der Waals surface area (Å²) in [6.45, 7) is 6.16. The fourth-order valence-electron chi connectivity index (χ4n) is 2.52. The summed E-state index contributed by atoms with van der Waals surface area (Å²) in [6.07, 6.45) is 11.9. The molecule has 0 spiro atoms. The Morgan fingerprint density at radius 3 is 2.27 bits per heavy atom. The lowest BCUT2D eigenvalue weighted by molar-refractivity contribution is 1.40. The van der Waals surface area contributed by atoms with Crippen LogP contribution in [0.1, 0.15) is 31.4 Å². The van der Waals surface area contributed by atoms with Crippen molar-refractivity contribution in [1.29, 1.82) is 0 Å². The standard InChI is InChI=1S/C20H18.C2H6/c1-16-13-19(17-9-5-2-3-6-10-17)15-20(14-16)18-11-7-4-8-12-18;1-2/h2,4-15H,3H2,1H3;1-2H3. The van der Waals surface area contributed by atoms with Crippen LogP contribution in [0.4, 0.5) is 0 Å². The lowest BCUT2D eigenvalue weighted by atomic mass is 9.96. The molecule has 0 nitrogen and oxygen atoms in total. The van der Waals surface area contributed by atoms with Crippen molar-refractivity contribution in [3.63, 3.8) is 0 Å². The summed E-state index contributed by atoms with van der Waals surface area (Å²) < 4.78 is 0. The van der Waals surface area contributed by atoms with Crippen molar-refractivity contribution >= 4 is 5.57 Å². The Kier molecular flexibility index (Phi) is 5.97. The molecule has 0 atom stereocenters. The second kappa shape index (κ2) is 8.19. The maximum Gasteiger partial charge on any atom is -0.0163 e. The van der Waals surface area contributed by atoms with E-state index in [2.05, 4.69) is 85.8 Å². The summed E-state index contributed by atoms with van der Waals surface area (Å²) in [5, 5.41) is 0. The maximum atomic E-state index is 2.28. The summed E-state index contributed by atoms with van der Waals surface area (Å²) >= 11 is 0. The maximum absolute atomic E-state index is 2.28. The minimum Gasteiger partial charge on any atom is -0.0807 e. The Morgan fingerprint density at radius 2 is 1.50 bits per heavy atom. The highest BCUT2D eigenvalue weighted by atomic mass is 14.1. The van der Waals surface area contributed by atoms with E-state index in [1.54, 1.807) is 0 Å². The third-order valence-electron chi connectivity index (χ3n) is 3.50. The first-order valence-electron chi connectivity index (χ1n) is 8.04. The smallest absolute Gasteiger partial charge is 0.0163 e. The van der Waals surface area contributed by atoms with E-state index in [-0.39, 0.29) is 0 Å². The molecule has 0 aliphatic heterocycles. The third kappa shape index (κ3) is 4.08. The van der Waals surface area contributed by atoms with Gasteiger partial charge >= 0.3 is 0 Å². The van der Waals surface area contributed by atoms with Crippen LogP contribution in [0, 0.1) is 6.92 Å². The van der Waals surface area contributed by atoms with Crippen molar-refractivity contribution in [2.75, 3.05) is 0 Å². The topological polar surface area (TPSA) is 0 Å². The first kappa shape index (κ1) is 16.0. The van der Waals surface area contributed by atoms with Gasteiger partial charge in [0.1, 0.15) is 0 Å². The minimum absolute atomic E-state index is 1.01. The summed E-state index contributed by atoms with van der Waals surface area (Å²) in [6, 6.07) is 17.3. The van der Waals surface area contributed by atoms with Crippen LogP contribution in [0.3, 0.4) is 0 Å². The molecular formula is C22H24. The van der Waals surface area contributed by atoms with E-state index in [4.69, 9.17) is 0 Å². The highest BCUT2D eigenvalue weighted by Crippen LogP contribution is 2.27. The van der Waals surface area contributed by atoms with Crippen molar-refractivity contribution in [3.05, 3.63) is 90.0 Å². The van der Waals surface area contributed by atoms with Crippen LogP contribution in [-0.2, 0) is 0 Å². The van der Waals surface area contributed by atoms with Gasteiger partial charge < -0.3 is 0 Å². The van der Waals surface area contributed by atoms with E-state index >= 15 is 0 Å². The summed E-state index contributed by atoms with van der Waals surface area (Å²) in [5.74, 6) is 0. The normalized spacial score (nSPS) is 13.0. The van der Waals surface area contributed by atoms with Crippen LogP contribution < -0.4 is 0 Å². The Balaban J connectivity index is 0.000000847. The van der Waals surface area contributed by atoms with Gasteiger partial charge in [-0.05, 0) is 47.2 Å². The second-order valence-electron chi connectivity index (χ2n) is 5.14. The second-order valence-corrected chi connectivity index (χ2v) is 5.14. The molecule has 0 N–H and O–H groups in total. The molecule has 0 heterocycles. The van der Waals surface area contributed by atoms with Crippen molar-refractivity contribution < 1.29 is 0 Å². The zero-order valence-electron chi connectivity index (χ0n) is 13.7. The minimum atomic E-state index is 1.01. The zero-order chi connectivity index (χ0) is 15.8. The van der Waals surface area contributed by atoms with Gasteiger partial charge in [0.05, 0.1) is 0 Å². The predicted molar refractivity (Wildman–Crippen MR) is 98.8 cm³/mol. The molecule has 0 saturated carbocycles. The monoisotopic (exact) mass is 288 g/mol. The summed E-state index contributed by atoms with van der Waals surface area (Å²) in [5.41, 5.74) is 6.41. The van der Waals surface area contributed by atoms with Gasteiger partial charge in [0.15, 0.2) is 0 Å². The molecule has 0 amide bonds. The van der Waals surface area contributed by atoms with Crippen molar-refractivity contribution in [1.82, 2.24) is 0 Å². The van der Waals surface area contributed by atoms with E-state index in [0.29, 0.717) is 0 Å². The van der Waals surface area contributed by atoms with E-state index in [9.17, 15) is 0 Å². The lowest BCUT2D eigenvalue weighted by Gasteiger charge is -2.09. The van der Waals surface area contributed by atoms with Crippen LogP contribution >= 0.6 is 0 Å². The average Bonchev–Trinajstić information content (AvgIpc) is 2.86. The summed E-state index contributed by atoms with van der Waals surface area (Å²) in [7, 11) is 0. The van der Waals surface area contributed by atoms with Gasteiger partial charge in [-0.1, -0.05) is 86.7 Å². The van der Waals surface area contributed by atoms with E-state index in [0.717, 1.165) is 6.42 Å². The Hall–Kier alpha value is -2.34. The molecular weight excluding hydrogens is 264 g/mol. The number of hydrogen-bond acceptors (Lipinski definition) is 0. The molecule has 2 aromatic carbocycles. The van der Waals surface area contributed by atoms with E-state index in [1.165, 1.54) is 27.8 Å². The van der Waals surface area contributed by atoms with Crippen LogP contribution in [0.5, 0.6) is 0 Å². The fourth-order valence-corrected chi connectivity index (χ4v) is 2.52. The van der Waals surface area contributed by atoms with Gasteiger partial charge in [0.25, 0.3) is 0 Å². The fraction of sp³-hybridized carbons (Fsp3) is 0.182. The van der Waals surface area contributed by atoms with Crippen molar-refractivity contribution in [3.8, 4) is 11.1 Å². The molecule has 0 radical (unpaired) electrons. The van der Waals surface area contributed by atoms with Gasteiger partial charge in [-0.15, -0.1) is 0 Å². The molecule has 3 rings (SSSR count). The average molecular weight is 288 g/mol. The SMILES string of the molecule is CC.Cc1cc(C2=CC=CCC=C2)cc(-c2ccccc2)c1. The molecule has 1 aliphatic carbocycles. The molecule has 0 fully saturated rings. The van der Waals surface area contributed by atoms with Crippen LogP contribution in [-0.4, -0.2) is 0 Å². The molecule has 0 heteroatoms. The first-order valence-corrected chi connectivity index (χ1v) is 8.04. The lowest BCUT2D eigenvalue weighted by Crippen LogP contribution is -1.86. The van der Waals surface area contributed by atoms with Gasteiger partial charge in [-0.3, -0.25) is 0 Å². The third-order valence-corrected chi connectivity index (χ3v) is 3.50. The number of rotatable bonds is 2. The van der Waals surface area contributed by atoms with Gasteiger partial charge in [0, 0.05) is 0 Å². The van der Waals surface area contributed by atoms with E-state index in [1.807, 2.05) is 13.8 Å². The van der Waals surface area contributed by atoms with Crippen molar-refractivity contribution in [2.45, 2.75) is 27.2 Å². The molecule has 0 unspecified atom stereocenters. The van der Waals surface area contributed by atoms with E-state index < -0.39 is 0 Å². The van der Waals surface area contributed by atoms with Crippen LogP contribution in [0.15, 0.2) is 78.9 Å². The Morgan fingerprint density at radius 1 is 0.773 bits per heavy atom. The molecule has 22 heavy (non-hydrogen) atoms. The van der Waals surface area contributed by atoms with Crippen LogP contribution in [0.25, 0.3) is 16.7 Å². The molecule has 2 aromatic rings. The zero-order valence-corrected chi connectivity index (χ0v) is 13.7.